The van der Waals surface area contributed by atoms with E-state index in [9.17, 15) is 4.79 Å². The fourth-order valence-corrected chi connectivity index (χ4v) is 8.01. The van der Waals surface area contributed by atoms with Crippen LogP contribution >= 0.6 is 11.8 Å². The Labute approximate surface area is 222 Å². The highest BCUT2D eigenvalue weighted by molar-refractivity contribution is 7.99. The number of hydrogen-bond acceptors (Lipinski definition) is 3. The standard InChI is InChI=1S/C33H30N2OS/c36-33(35-28-13-7-8-14-29(28)37-25-11-5-2-6-12-25)24-17-18-27-26(20-24)30-22-15-16-23(19-22)31(30)32(34-27)21-9-3-1-4-10-21/h1-14,17-18,20,22-23,30-32,34H,15-16,19H2,(H,35,36)/t22-,23-,30-,31-,32-/m0/s1. The molecule has 5 atom stereocenters. The highest BCUT2D eigenvalue weighted by Gasteiger charge is 2.53. The summed E-state index contributed by atoms with van der Waals surface area (Å²) in [6.07, 6.45) is 3.97. The predicted molar refractivity (Wildman–Crippen MR) is 151 cm³/mol. The molecule has 3 aliphatic rings. The minimum absolute atomic E-state index is 0.0474. The molecule has 4 heteroatoms. The lowest BCUT2D eigenvalue weighted by molar-refractivity contribution is 0.102. The molecule has 2 fully saturated rings. The van der Waals surface area contributed by atoms with Crippen molar-refractivity contribution in [3.8, 4) is 0 Å². The summed E-state index contributed by atoms with van der Waals surface area (Å²) in [6.45, 7) is 0. The van der Waals surface area contributed by atoms with Gasteiger partial charge in [-0.1, -0.05) is 72.4 Å². The maximum atomic E-state index is 13.5. The Morgan fingerprint density at radius 3 is 2.38 bits per heavy atom. The van der Waals surface area contributed by atoms with Crippen molar-refractivity contribution in [3.63, 3.8) is 0 Å². The first-order chi connectivity index (χ1) is 18.2. The molecule has 0 radical (unpaired) electrons. The summed E-state index contributed by atoms with van der Waals surface area (Å²) in [5.74, 6) is 2.56. The third kappa shape index (κ3) is 4.14. The molecule has 4 aromatic carbocycles. The number of nitrogens with one attached hydrogen (secondary N) is 2. The lowest BCUT2D eigenvalue weighted by Crippen LogP contribution is -2.35. The number of carbonyl (C=O) groups excluding carboxylic acids is 1. The molecule has 2 bridgehead atoms. The largest absolute Gasteiger partial charge is 0.378 e. The third-order valence-corrected chi connectivity index (χ3v) is 9.70. The molecule has 0 aromatic heterocycles. The average molecular weight is 503 g/mol. The van der Waals surface area contributed by atoms with Crippen molar-refractivity contribution in [2.45, 2.75) is 41.0 Å². The van der Waals surface area contributed by atoms with Crippen molar-refractivity contribution in [1.29, 1.82) is 0 Å². The minimum Gasteiger partial charge on any atom is -0.378 e. The first-order valence-electron chi connectivity index (χ1n) is 13.3. The van der Waals surface area contributed by atoms with E-state index < -0.39 is 0 Å². The van der Waals surface area contributed by atoms with Gasteiger partial charge in [-0.3, -0.25) is 4.79 Å². The molecular weight excluding hydrogens is 472 g/mol. The van der Waals surface area contributed by atoms with Gasteiger partial charge in [0.25, 0.3) is 5.91 Å². The van der Waals surface area contributed by atoms with E-state index in [1.807, 2.05) is 42.5 Å². The van der Waals surface area contributed by atoms with Crippen LogP contribution in [0.3, 0.4) is 0 Å². The fraction of sp³-hybridized carbons (Fsp3) is 0.242. The van der Waals surface area contributed by atoms with Crippen LogP contribution in [-0.4, -0.2) is 5.91 Å². The number of fused-ring (bicyclic) bond motifs is 7. The normalized spacial score (nSPS) is 25.1. The van der Waals surface area contributed by atoms with E-state index in [1.54, 1.807) is 11.8 Å². The summed E-state index contributed by atoms with van der Waals surface area (Å²) < 4.78 is 0. The Hall–Kier alpha value is -3.50. The molecule has 2 aliphatic carbocycles. The number of amides is 1. The number of rotatable bonds is 5. The van der Waals surface area contributed by atoms with Gasteiger partial charge in [0, 0.05) is 21.0 Å². The van der Waals surface area contributed by atoms with Crippen LogP contribution in [0.1, 0.15) is 52.7 Å². The summed E-state index contributed by atoms with van der Waals surface area (Å²) in [6, 6.07) is 35.9. The summed E-state index contributed by atoms with van der Waals surface area (Å²) in [4.78, 5) is 15.7. The van der Waals surface area contributed by atoms with Gasteiger partial charge in [-0.25, -0.2) is 0 Å². The lowest BCUT2D eigenvalue weighted by atomic mass is 9.68. The second-order valence-electron chi connectivity index (χ2n) is 10.6. The van der Waals surface area contributed by atoms with Crippen LogP contribution in [0, 0.1) is 17.8 Å². The predicted octanol–water partition coefficient (Wildman–Crippen LogP) is 8.39. The maximum absolute atomic E-state index is 13.5. The van der Waals surface area contributed by atoms with Gasteiger partial charge in [-0.05, 0) is 96.5 Å². The van der Waals surface area contributed by atoms with Crippen molar-refractivity contribution >= 4 is 29.0 Å². The monoisotopic (exact) mass is 502 g/mol. The van der Waals surface area contributed by atoms with Gasteiger partial charge in [0.15, 0.2) is 0 Å². The van der Waals surface area contributed by atoms with Gasteiger partial charge < -0.3 is 10.6 Å². The van der Waals surface area contributed by atoms with Gasteiger partial charge in [-0.2, -0.15) is 0 Å². The smallest absolute Gasteiger partial charge is 0.255 e. The fourth-order valence-electron chi connectivity index (χ4n) is 7.09. The SMILES string of the molecule is O=C(Nc1ccccc1Sc1ccccc1)c1ccc2c(c1)[C@@H]1[C@H]3CC[C@@H](C3)[C@@H]1[C@H](c1ccccc1)N2. The third-order valence-electron chi connectivity index (χ3n) is 8.61. The van der Waals surface area contributed by atoms with Gasteiger partial charge >= 0.3 is 0 Å². The first kappa shape index (κ1) is 22.7. The Kier molecular flexibility index (Phi) is 5.78. The Morgan fingerprint density at radius 2 is 1.54 bits per heavy atom. The van der Waals surface area contributed by atoms with Crippen LogP contribution in [0.4, 0.5) is 11.4 Å². The number of benzene rings is 4. The molecule has 0 saturated heterocycles. The second-order valence-corrected chi connectivity index (χ2v) is 11.8. The molecule has 2 N–H and O–H groups in total. The quantitative estimate of drug-likeness (QED) is 0.288. The molecule has 3 nitrogen and oxygen atoms in total. The van der Waals surface area contributed by atoms with Crippen molar-refractivity contribution in [2.75, 3.05) is 10.6 Å². The van der Waals surface area contributed by atoms with E-state index in [2.05, 4.69) is 71.3 Å². The summed E-state index contributed by atoms with van der Waals surface area (Å²) in [5.41, 5.74) is 5.49. The van der Waals surface area contributed by atoms with E-state index in [0.717, 1.165) is 32.9 Å². The number of carbonyl (C=O) groups is 1. The summed E-state index contributed by atoms with van der Waals surface area (Å²) in [7, 11) is 0. The number of para-hydroxylation sites is 1. The zero-order valence-corrected chi connectivity index (χ0v) is 21.5. The molecule has 0 unspecified atom stereocenters. The molecule has 4 aromatic rings. The molecule has 0 spiro atoms. The zero-order chi connectivity index (χ0) is 24.8. The van der Waals surface area contributed by atoms with Crippen molar-refractivity contribution < 1.29 is 4.79 Å². The summed E-state index contributed by atoms with van der Waals surface area (Å²) in [5, 5.41) is 7.09. The van der Waals surface area contributed by atoms with Crippen molar-refractivity contribution in [1.82, 2.24) is 0 Å². The van der Waals surface area contributed by atoms with Crippen LogP contribution < -0.4 is 10.6 Å². The topological polar surface area (TPSA) is 41.1 Å². The molecule has 2 saturated carbocycles. The second kappa shape index (κ2) is 9.42. The van der Waals surface area contributed by atoms with E-state index >= 15 is 0 Å². The van der Waals surface area contributed by atoms with E-state index in [1.165, 1.54) is 36.1 Å². The lowest BCUT2D eigenvalue weighted by Gasteiger charge is -2.43. The van der Waals surface area contributed by atoms with Gasteiger partial charge in [0.1, 0.15) is 0 Å². The molecule has 1 heterocycles. The van der Waals surface area contributed by atoms with Crippen LogP contribution in [0.15, 0.2) is 113 Å². The molecule has 1 aliphatic heterocycles. The average Bonchev–Trinajstić information content (AvgIpc) is 3.58. The molecule has 7 rings (SSSR count). The minimum atomic E-state index is -0.0474. The van der Waals surface area contributed by atoms with Crippen LogP contribution in [0.25, 0.3) is 0 Å². The number of anilines is 2. The highest BCUT2D eigenvalue weighted by Crippen LogP contribution is 2.63. The van der Waals surface area contributed by atoms with Crippen molar-refractivity contribution in [3.05, 3.63) is 120 Å². The van der Waals surface area contributed by atoms with Gasteiger partial charge in [0.05, 0.1) is 11.7 Å². The molecule has 184 valence electrons. The van der Waals surface area contributed by atoms with E-state index in [4.69, 9.17) is 0 Å². The van der Waals surface area contributed by atoms with Gasteiger partial charge in [-0.15, -0.1) is 0 Å². The van der Waals surface area contributed by atoms with E-state index in [-0.39, 0.29) is 5.91 Å². The zero-order valence-electron chi connectivity index (χ0n) is 20.6. The van der Waals surface area contributed by atoms with Crippen molar-refractivity contribution in [2.24, 2.45) is 17.8 Å². The molecule has 37 heavy (non-hydrogen) atoms. The van der Waals surface area contributed by atoms with Crippen LogP contribution in [-0.2, 0) is 0 Å². The Morgan fingerprint density at radius 1 is 0.811 bits per heavy atom. The van der Waals surface area contributed by atoms with Crippen LogP contribution in [0.2, 0.25) is 0 Å². The molecule has 1 amide bonds. The Balaban J connectivity index is 1.18. The van der Waals surface area contributed by atoms with E-state index in [0.29, 0.717) is 17.9 Å². The molecular formula is C33H30N2OS. The summed E-state index contributed by atoms with van der Waals surface area (Å²) >= 11 is 1.67. The highest BCUT2D eigenvalue weighted by atomic mass is 32.2. The van der Waals surface area contributed by atoms with Gasteiger partial charge in [0.2, 0.25) is 0 Å². The maximum Gasteiger partial charge on any atom is 0.255 e. The van der Waals surface area contributed by atoms with Crippen LogP contribution in [0.5, 0.6) is 0 Å². The number of hydrogen-bond donors (Lipinski definition) is 2. The first-order valence-corrected chi connectivity index (χ1v) is 14.1. The Bertz CT molecular complexity index is 1440.